The molecule has 1 aliphatic heterocycles. The van der Waals surface area contributed by atoms with Gasteiger partial charge in [0.05, 0.1) is 7.11 Å². The highest BCUT2D eigenvalue weighted by Crippen LogP contribution is 2.29. The van der Waals surface area contributed by atoms with Gasteiger partial charge in [-0.25, -0.2) is 9.67 Å². The van der Waals surface area contributed by atoms with Gasteiger partial charge in [-0.05, 0) is 18.6 Å². The van der Waals surface area contributed by atoms with Crippen LogP contribution < -0.4 is 4.74 Å². The maximum atomic E-state index is 11.1. The van der Waals surface area contributed by atoms with Crippen molar-refractivity contribution in [2.24, 2.45) is 0 Å². The lowest BCUT2D eigenvalue weighted by Gasteiger charge is -2.15. The Morgan fingerprint density at radius 3 is 3.10 bits per heavy atom. The second kappa shape index (κ2) is 4.92. The van der Waals surface area contributed by atoms with E-state index in [2.05, 4.69) is 10.1 Å². The molecule has 1 aromatic heterocycles. The number of fused-ring (bicyclic) bond motifs is 1. The van der Waals surface area contributed by atoms with Crippen molar-refractivity contribution in [3.8, 4) is 17.1 Å². The second-order valence-corrected chi connectivity index (χ2v) is 4.69. The normalized spacial score (nSPS) is 17.6. The van der Waals surface area contributed by atoms with Crippen LogP contribution in [0.1, 0.15) is 24.7 Å². The molecule has 3 rings (SSSR count). The predicted octanol–water partition coefficient (Wildman–Crippen LogP) is 2.07. The van der Waals surface area contributed by atoms with E-state index in [4.69, 9.17) is 4.74 Å². The van der Waals surface area contributed by atoms with Crippen LogP contribution in [-0.2, 0) is 6.54 Å². The fraction of sp³-hybridized carbons (Fsp3) is 0.385. The highest BCUT2D eigenvalue weighted by Gasteiger charge is 2.33. The standard InChI is InChI=1S/C13H14N4O3/c1-20-10-5-2-4-9(8-10)12-14-13-11(17(18)19)6-3-7-16(13)15-12/h2,4-5,8,11H,3,6-7H2,1H3. The zero-order valence-electron chi connectivity index (χ0n) is 11.0. The monoisotopic (exact) mass is 274 g/mol. The minimum atomic E-state index is -0.754. The van der Waals surface area contributed by atoms with E-state index < -0.39 is 6.04 Å². The molecule has 0 spiro atoms. The summed E-state index contributed by atoms with van der Waals surface area (Å²) in [5.74, 6) is 1.66. The minimum absolute atomic E-state index is 0.283. The maximum absolute atomic E-state index is 11.1. The number of nitrogens with zero attached hydrogens (tertiary/aromatic N) is 4. The number of ether oxygens (including phenoxy) is 1. The van der Waals surface area contributed by atoms with Gasteiger partial charge in [-0.3, -0.25) is 10.1 Å². The fourth-order valence-electron chi connectivity index (χ4n) is 2.41. The first-order valence-corrected chi connectivity index (χ1v) is 6.41. The Morgan fingerprint density at radius 2 is 2.35 bits per heavy atom. The Morgan fingerprint density at radius 1 is 1.50 bits per heavy atom. The number of rotatable bonds is 3. The summed E-state index contributed by atoms with van der Waals surface area (Å²) >= 11 is 0. The molecule has 0 fully saturated rings. The van der Waals surface area contributed by atoms with Crippen LogP contribution in [0.15, 0.2) is 24.3 Å². The van der Waals surface area contributed by atoms with Crippen LogP contribution in [-0.4, -0.2) is 26.8 Å². The number of benzene rings is 1. The van der Waals surface area contributed by atoms with E-state index in [0.29, 0.717) is 30.4 Å². The maximum Gasteiger partial charge on any atom is 0.271 e. The smallest absolute Gasteiger partial charge is 0.271 e. The lowest BCUT2D eigenvalue weighted by Crippen LogP contribution is -2.22. The van der Waals surface area contributed by atoms with Crippen molar-refractivity contribution < 1.29 is 9.66 Å². The van der Waals surface area contributed by atoms with Crippen molar-refractivity contribution in [2.45, 2.75) is 25.4 Å². The van der Waals surface area contributed by atoms with Crippen LogP contribution >= 0.6 is 0 Å². The van der Waals surface area contributed by atoms with E-state index in [9.17, 15) is 10.1 Å². The molecule has 2 aromatic rings. The first-order chi connectivity index (χ1) is 9.69. The van der Waals surface area contributed by atoms with E-state index in [-0.39, 0.29) is 4.92 Å². The van der Waals surface area contributed by atoms with Gasteiger partial charge in [-0.15, -0.1) is 0 Å². The molecule has 1 aliphatic rings. The molecule has 2 heterocycles. The average molecular weight is 274 g/mol. The van der Waals surface area contributed by atoms with Crippen molar-refractivity contribution in [3.05, 3.63) is 40.2 Å². The van der Waals surface area contributed by atoms with Crippen LogP contribution in [0.25, 0.3) is 11.4 Å². The number of aryl methyl sites for hydroxylation is 1. The number of aromatic nitrogens is 3. The van der Waals surface area contributed by atoms with Crippen LogP contribution in [0.5, 0.6) is 5.75 Å². The zero-order chi connectivity index (χ0) is 14.1. The Balaban J connectivity index is 2.02. The highest BCUT2D eigenvalue weighted by molar-refractivity contribution is 5.57. The molecule has 0 saturated heterocycles. The van der Waals surface area contributed by atoms with Crippen molar-refractivity contribution in [3.63, 3.8) is 0 Å². The van der Waals surface area contributed by atoms with Gasteiger partial charge in [0.1, 0.15) is 5.75 Å². The quantitative estimate of drug-likeness (QED) is 0.632. The van der Waals surface area contributed by atoms with E-state index in [1.165, 1.54) is 0 Å². The summed E-state index contributed by atoms with van der Waals surface area (Å²) in [5.41, 5.74) is 0.799. The number of hydrogen-bond donors (Lipinski definition) is 0. The molecule has 20 heavy (non-hydrogen) atoms. The number of methoxy groups -OCH3 is 1. The van der Waals surface area contributed by atoms with Crippen LogP contribution in [0.3, 0.4) is 0 Å². The molecule has 1 unspecified atom stereocenters. The fourth-order valence-corrected chi connectivity index (χ4v) is 2.41. The molecular formula is C13H14N4O3. The third-order valence-electron chi connectivity index (χ3n) is 3.43. The second-order valence-electron chi connectivity index (χ2n) is 4.69. The van der Waals surface area contributed by atoms with E-state index in [0.717, 1.165) is 12.0 Å². The van der Waals surface area contributed by atoms with Gasteiger partial charge >= 0.3 is 0 Å². The highest BCUT2D eigenvalue weighted by atomic mass is 16.6. The van der Waals surface area contributed by atoms with Crippen LogP contribution in [0.4, 0.5) is 0 Å². The number of nitro groups is 1. The summed E-state index contributed by atoms with van der Waals surface area (Å²) in [4.78, 5) is 15.1. The molecule has 0 radical (unpaired) electrons. The summed E-state index contributed by atoms with van der Waals surface area (Å²) in [5, 5.41) is 15.4. The molecule has 0 N–H and O–H groups in total. The Bertz CT molecular complexity index is 653. The largest absolute Gasteiger partial charge is 0.497 e. The molecule has 0 saturated carbocycles. The van der Waals surface area contributed by atoms with Crippen molar-refractivity contribution in [2.75, 3.05) is 7.11 Å². The summed E-state index contributed by atoms with van der Waals surface area (Å²) in [6, 6.07) is 6.61. The first-order valence-electron chi connectivity index (χ1n) is 6.41. The SMILES string of the molecule is COc1cccc(-c2nc3n(n2)CCCC3[N+](=O)[O-])c1. The first kappa shape index (κ1) is 12.6. The third kappa shape index (κ3) is 2.11. The molecular weight excluding hydrogens is 260 g/mol. The lowest BCUT2D eigenvalue weighted by atomic mass is 10.1. The van der Waals surface area contributed by atoms with E-state index >= 15 is 0 Å². The molecule has 0 aliphatic carbocycles. The zero-order valence-corrected chi connectivity index (χ0v) is 11.0. The van der Waals surface area contributed by atoms with Crippen molar-refractivity contribution >= 4 is 0 Å². The van der Waals surface area contributed by atoms with Crippen molar-refractivity contribution in [1.82, 2.24) is 14.8 Å². The average Bonchev–Trinajstić information content (AvgIpc) is 2.91. The van der Waals surface area contributed by atoms with Crippen LogP contribution in [0.2, 0.25) is 0 Å². The summed E-state index contributed by atoms with van der Waals surface area (Å²) < 4.78 is 6.81. The van der Waals surface area contributed by atoms with Gasteiger partial charge in [0.15, 0.2) is 5.82 Å². The molecule has 7 nitrogen and oxygen atoms in total. The molecule has 7 heteroatoms. The Hall–Kier alpha value is -2.44. The molecule has 0 bridgehead atoms. The molecule has 1 aromatic carbocycles. The van der Waals surface area contributed by atoms with Gasteiger partial charge in [0.2, 0.25) is 5.82 Å². The molecule has 104 valence electrons. The summed E-state index contributed by atoms with van der Waals surface area (Å²) in [6.45, 7) is 0.677. The van der Waals surface area contributed by atoms with Gasteiger partial charge in [-0.1, -0.05) is 12.1 Å². The van der Waals surface area contributed by atoms with Gasteiger partial charge in [0.25, 0.3) is 6.04 Å². The van der Waals surface area contributed by atoms with Gasteiger partial charge < -0.3 is 4.74 Å². The summed E-state index contributed by atoms with van der Waals surface area (Å²) in [6.07, 6.45) is 1.27. The minimum Gasteiger partial charge on any atom is -0.497 e. The molecule has 1 atom stereocenters. The van der Waals surface area contributed by atoms with Crippen LogP contribution in [0, 0.1) is 10.1 Å². The Kier molecular flexibility index (Phi) is 3.09. The topological polar surface area (TPSA) is 83.1 Å². The lowest BCUT2D eigenvalue weighted by molar-refractivity contribution is -0.533. The Labute approximate surface area is 115 Å². The van der Waals surface area contributed by atoms with Gasteiger partial charge in [0, 0.05) is 23.5 Å². The third-order valence-corrected chi connectivity index (χ3v) is 3.43. The van der Waals surface area contributed by atoms with E-state index in [1.54, 1.807) is 11.8 Å². The van der Waals surface area contributed by atoms with E-state index in [1.807, 2.05) is 24.3 Å². The number of hydrogen-bond acceptors (Lipinski definition) is 5. The predicted molar refractivity (Wildman–Crippen MR) is 71.0 cm³/mol. The summed E-state index contributed by atoms with van der Waals surface area (Å²) in [7, 11) is 1.59. The molecule has 0 amide bonds. The van der Waals surface area contributed by atoms with Gasteiger partial charge in [-0.2, -0.15) is 5.10 Å². The van der Waals surface area contributed by atoms with Crippen molar-refractivity contribution in [1.29, 1.82) is 0 Å².